The Bertz CT molecular complexity index is 736. The number of hydrogen-bond donors (Lipinski definition) is 4. The van der Waals surface area contributed by atoms with Crippen molar-refractivity contribution in [2.75, 3.05) is 5.32 Å². The number of aromatic amines is 1. The quantitative estimate of drug-likeness (QED) is 0.666. The van der Waals surface area contributed by atoms with Crippen LogP contribution in [-0.4, -0.2) is 27.1 Å². The van der Waals surface area contributed by atoms with Crippen LogP contribution >= 0.6 is 0 Å². The largest absolute Gasteiger partial charge is 0.507 e. The second-order valence-corrected chi connectivity index (χ2v) is 3.93. The molecule has 1 aromatic carbocycles. The summed E-state index contributed by atoms with van der Waals surface area (Å²) < 4.78 is 0. The third-order valence-electron chi connectivity index (χ3n) is 2.52. The summed E-state index contributed by atoms with van der Waals surface area (Å²) >= 11 is 0. The SMILES string of the molecule is O=C(Nc1ccc(C(=O)O)c(O)c1)c1cc[nH]c(=O)c1. The van der Waals surface area contributed by atoms with Crippen LogP contribution in [0.5, 0.6) is 5.75 Å². The number of rotatable bonds is 3. The number of anilines is 1. The zero-order chi connectivity index (χ0) is 14.7. The van der Waals surface area contributed by atoms with Gasteiger partial charge in [0.05, 0.1) is 0 Å². The number of hydrogen-bond acceptors (Lipinski definition) is 4. The maximum atomic E-state index is 11.8. The maximum Gasteiger partial charge on any atom is 0.339 e. The minimum Gasteiger partial charge on any atom is -0.507 e. The van der Waals surface area contributed by atoms with Crippen molar-refractivity contribution in [1.29, 1.82) is 0 Å². The molecule has 0 bridgehead atoms. The monoisotopic (exact) mass is 274 g/mol. The van der Waals surface area contributed by atoms with Gasteiger partial charge in [-0.15, -0.1) is 0 Å². The standard InChI is InChI=1S/C13H10N2O5/c16-10-6-8(1-2-9(10)13(19)20)15-12(18)7-3-4-14-11(17)5-7/h1-6,16H,(H,14,17)(H,15,18)(H,19,20). The van der Waals surface area contributed by atoms with Gasteiger partial charge >= 0.3 is 5.97 Å². The number of benzene rings is 1. The van der Waals surface area contributed by atoms with Crippen LogP contribution in [0.2, 0.25) is 0 Å². The van der Waals surface area contributed by atoms with Crippen molar-refractivity contribution in [3.63, 3.8) is 0 Å². The van der Waals surface area contributed by atoms with Crippen LogP contribution in [0.4, 0.5) is 5.69 Å². The lowest BCUT2D eigenvalue weighted by Crippen LogP contribution is -2.15. The number of phenols is 1. The molecule has 2 aromatic rings. The Hall–Kier alpha value is -3.09. The zero-order valence-corrected chi connectivity index (χ0v) is 10.1. The molecule has 0 saturated heterocycles. The molecule has 1 heterocycles. The number of carboxylic acids is 1. The molecular weight excluding hydrogens is 264 g/mol. The van der Waals surface area contributed by atoms with Gasteiger partial charge in [0.25, 0.3) is 5.91 Å². The van der Waals surface area contributed by atoms with Gasteiger partial charge in [-0.05, 0) is 18.2 Å². The van der Waals surface area contributed by atoms with E-state index in [9.17, 15) is 19.5 Å². The van der Waals surface area contributed by atoms with Crippen molar-refractivity contribution in [1.82, 2.24) is 4.98 Å². The van der Waals surface area contributed by atoms with Gasteiger partial charge in [0.2, 0.25) is 5.56 Å². The molecule has 0 unspecified atom stereocenters. The van der Waals surface area contributed by atoms with Crippen molar-refractivity contribution in [2.24, 2.45) is 0 Å². The molecule has 0 radical (unpaired) electrons. The Kier molecular flexibility index (Phi) is 3.52. The van der Waals surface area contributed by atoms with Gasteiger partial charge in [-0.25, -0.2) is 4.79 Å². The van der Waals surface area contributed by atoms with Crippen LogP contribution in [0.25, 0.3) is 0 Å². The number of aromatic hydroxyl groups is 1. The highest BCUT2D eigenvalue weighted by Crippen LogP contribution is 2.22. The summed E-state index contributed by atoms with van der Waals surface area (Å²) in [6, 6.07) is 6.18. The second kappa shape index (κ2) is 5.27. The number of nitrogens with one attached hydrogen (secondary N) is 2. The van der Waals surface area contributed by atoms with E-state index in [0.717, 1.165) is 12.1 Å². The highest BCUT2D eigenvalue weighted by molar-refractivity contribution is 6.04. The van der Waals surface area contributed by atoms with E-state index in [1.807, 2.05) is 0 Å². The number of carboxylic acid groups (broad SMARTS) is 1. The van der Waals surface area contributed by atoms with Gasteiger partial charge in [-0.2, -0.15) is 0 Å². The minimum absolute atomic E-state index is 0.149. The van der Waals surface area contributed by atoms with Crippen molar-refractivity contribution in [2.45, 2.75) is 0 Å². The first-order valence-electron chi connectivity index (χ1n) is 5.54. The van der Waals surface area contributed by atoms with E-state index in [1.54, 1.807) is 0 Å². The Balaban J connectivity index is 2.22. The molecule has 0 aliphatic heterocycles. The highest BCUT2D eigenvalue weighted by Gasteiger charge is 2.12. The summed E-state index contributed by atoms with van der Waals surface area (Å²) in [6.45, 7) is 0. The number of aromatic nitrogens is 1. The minimum atomic E-state index is -1.27. The average Bonchev–Trinajstić information content (AvgIpc) is 2.38. The zero-order valence-electron chi connectivity index (χ0n) is 10.1. The van der Waals surface area contributed by atoms with Gasteiger partial charge in [-0.1, -0.05) is 0 Å². The molecule has 0 spiro atoms. The highest BCUT2D eigenvalue weighted by atomic mass is 16.4. The van der Waals surface area contributed by atoms with Crippen LogP contribution in [0, 0.1) is 0 Å². The first-order chi connectivity index (χ1) is 9.47. The molecule has 102 valence electrons. The molecule has 4 N–H and O–H groups in total. The van der Waals surface area contributed by atoms with Gasteiger partial charge < -0.3 is 20.5 Å². The summed E-state index contributed by atoms with van der Waals surface area (Å²) in [5, 5.41) is 20.7. The first kappa shape index (κ1) is 13.3. The molecule has 0 saturated carbocycles. The van der Waals surface area contributed by atoms with Crippen molar-refractivity contribution >= 4 is 17.6 Å². The van der Waals surface area contributed by atoms with Crippen LogP contribution in [-0.2, 0) is 0 Å². The van der Waals surface area contributed by atoms with Crippen LogP contribution in [0.15, 0.2) is 41.3 Å². The first-order valence-corrected chi connectivity index (χ1v) is 5.54. The molecule has 7 heteroatoms. The molecular formula is C13H10N2O5. The van der Waals surface area contributed by atoms with Crippen LogP contribution in [0.3, 0.4) is 0 Å². The van der Waals surface area contributed by atoms with E-state index in [0.29, 0.717) is 0 Å². The van der Waals surface area contributed by atoms with Crippen molar-refractivity contribution in [3.8, 4) is 5.75 Å². The van der Waals surface area contributed by atoms with E-state index in [4.69, 9.17) is 5.11 Å². The summed E-state index contributed by atoms with van der Waals surface area (Å²) in [5.41, 5.74) is -0.311. The topological polar surface area (TPSA) is 119 Å². The van der Waals surface area contributed by atoms with E-state index in [2.05, 4.69) is 10.3 Å². The number of carbonyl (C=O) groups is 2. The smallest absolute Gasteiger partial charge is 0.339 e. The lowest BCUT2D eigenvalue weighted by Gasteiger charge is -2.06. The summed E-state index contributed by atoms with van der Waals surface area (Å²) in [7, 11) is 0. The van der Waals surface area contributed by atoms with E-state index in [1.165, 1.54) is 24.4 Å². The molecule has 0 atom stereocenters. The number of H-pyrrole nitrogens is 1. The predicted octanol–water partition coefficient (Wildman–Crippen LogP) is 1.03. The van der Waals surface area contributed by atoms with Crippen molar-refractivity contribution in [3.05, 3.63) is 58.0 Å². The molecule has 7 nitrogen and oxygen atoms in total. The molecule has 0 aliphatic rings. The number of amides is 1. The predicted molar refractivity (Wildman–Crippen MR) is 70.1 cm³/mol. The van der Waals surface area contributed by atoms with Crippen LogP contribution < -0.4 is 10.9 Å². The second-order valence-electron chi connectivity index (χ2n) is 3.93. The lowest BCUT2D eigenvalue weighted by atomic mass is 10.1. The Morgan fingerprint density at radius 3 is 2.50 bits per heavy atom. The van der Waals surface area contributed by atoms with E-state index >= 15 is 0 Å². The fraction of sp³-hybridized carbons (Fsp3) is 0. The lowest BCUT2D eigenvalue weighted by molar-refractivity contribution is 0.0693. The normalized spacial score (nSPS) is 10.0. The molecule has 0 fully saturated rings. The van der Waals surface area contributed by atoms with Gasteiger partial charge in [0, 0.05) is 29.6 Å². The molecule has 0 aliphatic carbocycles. The number of pyridine rings is 1. The maximum absolute atomic E-state index is 11.8. The Morgan fingerprint density at radius 2 is 1.90 bits per heavy atom. The Labute approximate surface area is 112 Å². The van der Waals surface area contributed by atoms with Gasteiger partial charge in [-0.3, -0.25) is 9.59 Å². The molecule has 1 amide bonds. The van der Waals surface area contributed by atoms with E-state index < -0.39 is 23.2 Å². The number of carbonyl (C=O) groups excluding carboxylic acids is 1. The fourth-order valence-electron chi connectivity index (χ4n) is 1.58. The summed E-state index contributed by atoms with van der Waals surface area (Å²) in [4.78, 5) is 36.0. The fourth-order valence-corrected chi connectivity index (χ4v) is 1.58. The third kappa shape index (κ3) is 2.83. The summed E-state index contributed by atoms with van der Waals surface area (Å²) in [6.07, 6.45) is 1.34. The number of aromatic carboxylic acids is 1. The van der Waals surface area contributed by atoms with Crippen molar-refractivity contribution < 1.29 is 19.8 Å². The Morgan fingerprint density at radius 1 is 1.15 bits per heavy atom. The molecule has 1 aromatic heterocycles. The van der Waals surface area contributed by atoms with Gasteiger partial charge in [0.15, 0.2) is 0 Å². The summed E-state index contributed by atoms with van der Waals surface area (Å²) in [5.74, 6) is -2.27. The molecule has 20 heavy (non-hydrogen) atoms. The van der Waals surface area contributed by atoms with Gasteiger partial charge in [0.1, 0.15) is 11.3 Å². The molecule has 2 rings (SSSR count). The average molecular weight is 274 g/mol. The third-order valence-corrected chi connectivity index (χ3v) is 2.52. The van der Waals surface area contributed by atoms with Crippen LogP contribution in [0.1, 0.15) is 20.7 Å². The van der Waals surface area contributed by atoms with E-state index in [-0.39, 0.29) is 16.8 Å².